The number of carbonyl (C=O) groups excluding carboxylic acids is 2. The van der Waals surface area contributed by atoms with Crippen LogP contribution in [0.5, 0.6) is 11.5 Å². The van der Waals surface area contributed by atoms with E-state index >= 15 is 0 Å². The Hall–Kier alpha value is -2.84. The molecule has 0 saturated carbocycles. The summed E-state index contributed by atoms with van der Waals surface area (Å²) in [6.07, 6.45) is 1.87. The van der Waals surface area contributed by atoms with Crippen LogP contribution in [0.4, 0.5) is 0 Å². The summed E-state index contributed by atoms with van der Waals surface area (Å²) in [5.74, 6) is 0.625. The molecule has 0 spiro atoms. The zero-order valence-corrected chi connectivity index (χ0v) is 19.9. The average molecular weight is 472 g/mol. The van der Waals surface area contributed by atoms with E-state index in [-0.39, 0.29) is 24.8 Å². The predicted molar refractivity (Wildman–Crippen MR) is 130 cm³/mol. The number of esters is 1. The van der Waals surface area contributed by atoms with Crippen LogP contribution in [-0.4, -0.2) is 41.4 Å². The minimum Gasteiger partial charge on any atom is -0.493 e. The Balaban J connectivity index is 1.70. The normalized spacial score (nSPS) is 14.7. The highest BCUT2D eigenvalue weighted by Gasteiger charge is 2.32. The molecule has 0 bridgehead atoms. The predicted octanol–water partition coefficient (Wildman–Crippen LogP) is 4.74. The summed E-state index contributed by atoms with van der Waals surface area (Å²) < 4.78 is 16.8. The van der Waals surface area contributed by atoms with Crippen molar-refractivity contribution < 1.29 is 23.8 Å². The number of hydrogen-bond acceptors (Lipinski definition) is 7. The van der Waals surface area contributed by atoms with Crippen molar-refractivity contribution in [2.45, 2.75) is 26.9 Å². The van der Waals surface area contributed by atoms with E-state index in [1.165, 1.54) is 16.7 Å². The number of carbonyl (C=O) groups is 2. The van der Waals surface area contributed by atoms with Gasteiger partial charge in [-0.3, -0.25) is 14.5 Å². The summed E-state index contributed by atoms with van der Waals surface area (Å²) in [4.78, 5) is 26.3. The molecule has 1 saturated heterocycles. The van der Waals surface area contributed by atoms with Crippen LogP contribution in [0, 0.1) is 6.92 Å². The Bertz CT molecular complexity index is 1050. The third-order valence-electron chi connectivity index (χ3n) is 4.85. The highest BCUT2D eigenvalue weighted by Crippen LogP contribution is 2.35. The summed E-state index contributed by atoms with van der Waals surface area (Å²) in [6, 6.07) is 13.5. The molecule has 1 aliphatic rings. The van der Waals surface area contributed by atoms with E-state index in [9.17, 15) is 9.59 Å². The molecule has 1 amide bonds. The van der Waals surface area contributed by atoms with Crippen molar-refractivity contribution in [1.29, 1.82) is 0 Å². The lowest BCUT2D eigenvalue weighted by Crippen LogP contribution is -2.30. The Kier molecular flexibility index (Phi) is 8.30. The van der Waals surface area contributed by atoms with Gasteiger partial charge < -0.3 is 14.2 Å². The van der Waals surface area contributed by atoms with Crippen LogP contribution in [0.25, 0.3) is 6.08 Å². The number of thiocarbonyl (C=S) groups is 1. The average Bonchev–Trinajstić information content (AvgIpc) is 3.04. The molecule has 8 heteroatoms. The lowest BCUT2D eigenvalue weighted by molar-refractivity contribution is -0.143. The fourth-order valence-corrected chi connectivity index (χ4v) is 4.41. The Labute approximate surface area is 197 Å². The minimum atomic E-state index is -0.350. The molecule has 0 radical (unpaired) electrons. The molecule has 1 fully saturated rings. The summed E-state index contributed by atoms with van der Waals surface area (Å²) in [5.41, 5.74) is 3.05. The first-order valence-corrected chi connectivity index (χ1v) is 11.4. The van der Waals surface area contributed by atoms with Crippen molar-refractivity contribution in [1.82, 2.24) is 4.90 Å². The second-order valence-corrected chi connectivity index (χ2v) is 8.69. The molecule has 0 atom stereocenters. The topological polar surface area (TPSA) is 65.1 Å². The van der Waals surface area contributed by atoms with Gasteiger partial charge in [-0.05, 0) is 48.7 Å². The molecule has 2 aromatic carbocycles. The van der Waals surface area contributed by atoms with Crippen LogP contribution in [0.1, 0.15) is 30.0 Å². The third-order valence-corrected chi connectivity index (χ3v) is 6.23. The second-order valence-electron chi connectivity index (χ2n) is 7.01. The number of thioether (sulfide) groups is 1. The molecule has 3 rings (SSSR count). The van der Waals surface area contributed by atoms with Crippen molar-refractivity contribution in [3.8, 4) is 11.5 Å². The van der Waals surface area contributed by atoms with Crippen molar-refractivity contribution in [2.75, 3.05) is 20.3 Å². The van der Waals surface area contributed by atoms with Crippen molar-refractivity contribution in [3.05, 3.63) is 64.1 Å². The molecular formula is C24H25NO5S2. The molecule has 6 nitrogen and oxygen atoms in total. The van der Waals surface area contributed by atoms with E-state index in [0.29, 0.717) is 33.9 Å². The molecule has 168 valence electrons. The molecule has 0 aliphatic carbocycles. The van der Waals surface area contributed by atoms with Crippen LogP contribution in [-0.2, 0) is 20.9 Å². The van der Waals surface area contributed by atoms with Gasteiger partial charge in [-0.1, -0.05) is 54.3 Å². The number of amides is 1. The molecular weight excluding hydrogens is 446 g/mol. The maximum Gasteiger partial charge on any atom is 0.307 e. The quantitative estimate of drug-likeness (QED) is 0.297. The lowest BCUT2D eigenvalue weighted by Gasteiger charge is -2.13. The first-order valence-electron chi connectivity index (χ1n) is 10.2. The van der Waals surface area contributed by atoms with E-state index in [1.54, 1.807) is 20.1 Å². The van der Waals surface area contributed by atoms with E-state index in [4.69, 9.17) is 26.4 Å². The van der Waals surface area contributed by atoms with Gasteiger partial charge in [-0.25, -0.2) is 0 Å². The van der Waals surface area contributed by atoms with Crippen LogP contribution < -0.4 is 9.47 Å². The SMILES string of the molecule is CCOC(=O)CCN1C(=O)/C(=C/c2ccc(OCc3ccccc3C)c(OC)c2)SC1=S. The van der Waals surface area contributed by atoms with Gasteiger partial charge in [0.05, 0.1) is 25.0 Å². The molecule has 1 heterocycles. The first-order chi connectivity index (χ1) is 15.4. The van der Waals surface area contributed by atoms with Gasteiger partial charge in [-0.15, -0.1) is 0 Å². The fraction of sp³-hybridized carbons (Fsp3) is 0.292. The summed E-state index contributed by atoms with van der Waals surface area (Å²) in [6.45, 7) is 4.73. The summed E-state index contributed by atoms with van der Waals surface area (Å²) >= 11 is 6.53. The van der Waals surface area contributed by atoms with Crippen molar-refractivity contribution >= 4 is 46.3 Å². The van der Waals surface area contributed by atoms with Gasteiger partial charge in [0.25, 0.3) is 5.91 Å². The van der Waals surface area contributed by atoms with E-state index in [0.717, 1.165) is 16.7 Å². The number of benzene rings is 2. The number of nitrogens with zero attached hydrogens (tertiary/aromatic N) is 1. The van der Waals surface area contributed by atoms with Gasteiger partial charge in [0.2, 0.25) is 0 Å². The Morgan fingerprint density at radius 2 is 1.97 bits per heavy atom. The van der Waals surface area contributed by atoms with Crippen molar-refractivity contribution in [2.24, 2.45) is 0 Å². The molecule has 0 N–H and O–H groups in total. The highest BCUT2D eigenvalue weighted by molar-refractivity contribution is 8.26. The summed E-state index contributed by atoms with van der Waals surface area (Å²) in [5, 5.41) is 0. The Morgan fingerprint density at radius 3 is 2.69 bits per heavy atom. The number of ether oxygens (including phenoxy) is 3. The van der Waals surface area contributed by atoms with Crippen LogP contribution in [0.15, 0.2) is 47.4 Å². The molecule has 0 unspecified atom stereocenters. The maximum atomic E-state index is 12.7. The molecule has 2 aromatic rings. The lowest BCUT2D eigenvalue weighted by atomic mass is 10.1. The third kappa shape index (κ3) is 5.89. The van der Waals surface area contributed by atoms with E-state index in [2.05, 4.69) is 0 Å². The standard InChI is InChI=1S/C24H25NO5S2/c1-4-29-22(26)11-12-25-23(27)21(32-24(25)31)14-17-9-10-19(20(13-17)28-3)30-15-18-8-6-5-7-16(18)2/h5-10,13-14H,4,11-12,15H2,1-3H3/b21-14-. The van der Waals surface area contributed by atoms with Gasteiger partial charge in [0.15, 0.2) is 11.5 Å². The maximum absolute atomic E-state index is 12.7. The van der Waals surface area contributed by atoms with Gasteiger partial charge in [0, 0.05) is 6.54 Å². The molecule has 1 aliphatic heterocycles. The number of hydrogen-bond donors (Lipinski definition) is 0. The van der Waals surface area contributed by atoms with Gasteiger partial charge in [-0.2, -0.15) is 0 Å². The van der Waals surface area contributed by atoms with Gasteiger partial charge >= 0.3 is 5.97 Å². The largest absolute Gasteiger partial charge is 0.493 e. The smallest absolute Gasteiger partial charge is 0.307 e. The van der Waals surface area contributed by atoms with Crippen LogP contribution in [0.2, 0.25) is 0 Å². The first kappa shape index (κ1) is 23.8. The number of methoxy groups -OCH3 is 1. The highest BCUT2D eigenvalue weighted by atomic mass is 32.2. The fourth-order valence-electron chi connectivity index (χ4n) is 3.10. The van der Waals surface area contributed by atoms with Crippen LogP contribution >= 0.6 is 24.0 Å². The van der Waals surface area contributed by atoms with Gasteiger partial charge in [0.1, 0.15) is 10.9 Å². The zero-order chi connectivity index (χ0) is 23.1. The Morgan fingerprint density at radius 1 is 1.19 bits per heavy atom. The molecule has 0 aromatic heterocycles. The van der Waals surface area contributed by atoms with E-state index in [1.807, 2.05) is 49.4 Å². The number of aryl methyl sites for hydroxylation is 1. The van der Waals surface area contributed by atoms with E-state index < -0.39 is 0 Å². The zero-order valence-electron chi connectivity index (χ0n) is 18.3. The monoisotopic (exact) mass is 471 g/mol. The minimum absolute atomic E-state index is 0.105. The molecule has 32 heavy (non-hydrogen) atoms. The summed E-state index contributed by atoms with van der Waals surface area (Å²) in [7, 11) is 1.58. The van der Waals surface area contributed by atoms with Crippen LogP contribution in [0.3, 0.4) is 0 Å². The van der Waals surface area contributed by atoms with Crippen molar-refractivity contribution in [3.63, 3.8) is 0 Å². The number of rotatable bonds is 9. The second kappa shape index (κ2) is 11.2.